The lowest BCUT2D eigenvalue weighted by Crippen LogP contribution is -2.21. The van der Waals surface area contributed by atoms with Gasteiger partial charge in [0, 0.05) is 17.6 Å². The Morgan fingerprint density at radius 1 is 1.11 bits per heavy atom. The molecule has 3 nitrogen and oxygen atoms in total. The van der Waals surface area contributed by atoms with Crippen LogP contribution in [0.25, 0.3) is 10.9 Å². The normalized spacial score (nSPS) is 20.6. The van der Waals surface area contributed by atoms with Gasteiger partial charge in [0.2, 0.25) is 0 Å². The second kappa shape index (κ2) is 5.36. The summed E-state index contributed by atoms with van der Waals surface area (Å²) in [5.74, 6) is 0. The number of hydrogen-bond donors (Lipinski definition) is 2. The molecule has 0 bridgehead atoms. The van der Waals surface area contributed by atoms with E-state index in [1.807, 2.05) is 12.3 Å². The van der Waals surface area contributed by atoms with Crippen LogP contribution in [0.4, 0.5) is 5.69 Å². The fraction of sp³-hybridized carbons (Fsp3) is 0.400. The molecule has 1 aromatic heterocycles. The molecule has 0 radical (unpaired) electrons. The van der Waals surface area contributed by atoms with E-state index < -0.39 is 0 Å². The highest BCUT2D eigenvalue weighted by Gasteiger charge is 2.12. The molecule has 3 rings (SSSR count). The second-order valence-electron chi connectivity index (χ2n) is 4.90. The van der Waals surface area contributed by atoms with Crippen LogP contribution >= 0.6 is 0 Å². The van der Waals surface area contributed by atoms with Crippen molar-refractivity contribution >= 4 is 16.6 Å². The first-order valence-corrected chi connectivity index (χ1v) is 6.74. The van der Waals surface area contributed by atoms with Crippen LogP contribution in [0.3, 0.4) is 0 Å². The number of anilines is 1. The summed E-state index contributed by atoms with van der Waals surface area (Å²) in [7, 11) is 0. The van der Waals surface area contributed by atoms with Crippen molar-refractivity contribution in [2.24, 2.45) is 0 Å². The van der Waals surface area contributed by atoms with Crippen LogP contribution in [0.15, 0.2) is 36.5 Å². The van der Waals surface area contributed by atoms with Gasteiger partial charge in [-0.25, -0.2) is 0 Å². The van der Waals surface area contributed by atoms with Gasteiger partial charge in [-0.2, -0.15) is 0 Å². The standard InChI is InChI=1S/C15H19N3/c1-4-12-5-2-10-17-15(12)14(7-1)18-13-6-3-9-16-11-8-13/h1-2,4-5,7,10,13,16,18H,3,6,8-9,11H2. The number of benzene rings is 1. The average Bonchev–Trinajstić information content (AvgIpc) is 2.68. The third-order valence-corrected chi connectivity index (χ3v) is 3.57. The highest BCUT2D eigenvalue weighted by Crippen LogP contribution is 2.23. The van der Waals surface area contributed by atoms with Crippen molar-refractivity contribution in [1.82, 2.24) is 10.3 Å². The van der Waals surface area contributed by atoms with Gasteiger partial charge in [-0.15, -0.1) is 0 Å². The van der Waals surface area contributed by atoms with Crippen LogP contribution in [0.1, 0.15) is 19.3 Å². The Kier molecular flexibility index (Phi) is 3.42. The van der Waals surface area contributed by atoms with Crippen molar-refractivity contribution < 1.29 is 0 Å². The maximum atomic E-state index is 4.49. The molecule has 1 saturated heterocycles. The number of nitrogens with zero attached hydrogens (tertiary/aromatic N) is 1. The van der Waals surface area contributed by atoms with E-state index in [4.69, 9.17) is 0 Å². The summed E-state index contributed by atoms with van der Waals surface area (Å²) < 4.78 is 0. The number of fused-ring (bicyclic) bond motifs is 1. The third kappa shape index (κ3) is 2.46. The lowest BCUT2D eigenvalue weighted by Gasteiger charge is -2.18. The monoisotopic (exact) mass is 241 g/mol. The molecule has 94 valence electrons. The van der Waals surface area contributed by atoms with Crippen molar-refractivity contribution in [3.05, 3.63) is 36.5 Å². The van der Waals surface area contributed by atoms with Crippen molar-refractivity contribution in [3.63, 3.8) is 0 Å². The van der Waals surface area contributed by atoms with Crippen LogP contribution in [0, 0.1) is 0 Å². The number of hydrogen-bond acceptors (Lipinski definition) is 3. The van der Waals surface area contributed by atoms with Crippen molar-refractivity contribution in [2.75, 3.05) is 18.4 Å². The molecular formula is C15H19N3. The first-order chi connectivity index (χ1) is 8.93. The molecule has 0 saturated carbocycles. The maximum absolute atomic E-state index is 4.49. The molecule has 1 aromatic carbocycles. The fourth-order valence-electron chi connectivity index (χ4n) is 2.60. The predicted octanol–water partition coefficient (Wildman–Crippen LogP) is 2.79. The van der Waals surface area contributed by atoms with Gasteiger partial charge in [-0.3, -0.25) is 4.98 Å². The summed E-state index contributed by atoms with van der Waals surface area (Å²) in [6.45, 7) is 2.25. The van der Waals surface area contributed by atoms with Gasteiger partial charge < -0.3 is 10.6 Å². The van der Waals surface area contributed by atoms with Gasteiger partial charge in [0.15, 0.2) is 0 Å². The Morgan fingerprint density at radius 2 is 2.06 bits per heavy atom. The molecule has 1 aliphatic heterocycles. The quantitative estimate of drug-likeness (QED) is 0.849. The zero-order valence-corrected chi connectivity index (χ0v) is 10.5. The minimum absolute atomic E-state index is 0.563. The third-order valence-electron chi connectivity index (χ3n) is 3.57. The molecular weight excluding hydrogens is 222 g/mol. The molecule has 2 aromatic rings. The Hall–Kier alpha value is -1.61. The molecule has 18 heavy (non-hydrogen) atoms. The lowest BCUT2D eigenvalue weighted by molar-refractivity contribution is 0.638. The van der Waals surface area contributed by atoms with E-state index in [-0.39, 0.29) is 0 Å². The average molecular weight is 241 g/mol. The first kappa shape index (κ1) is 11.5. The smallest absolute Gasteiger partial charge is 0.0933 e. The number of pyridine rings is 1. The van der Waals surface area contributed by atoms with Gasteiger partial charge in [-0.05, 0) is 44.5 Å². The predicted molar refractivity (Wildman–Crippen MR) is 75.9 cm³/mol. The van der Waals surface area contributed by atoms with Gasteiger partial charge in [0.05, 0.1) is 11.2 Å². The van der Waals surface area contributed by atoms with Gasteiger partial charge in [0.1, 0.15) is 0 Å². The van der Waals surface area contributed by atoms with Crippen LogP contribution in [0.5, 0.6) is 0 Å². The molecule has 1 unspecified atom stereocenters. The van der Waals surface area contributed by atoms with Gasteiger partial charge in [0.25, 0.3) is 0 Å². The number of aromatic nitrogens is 1. The summed E-state index contributed by atoms with van der Waals surface area (Å²) in [6, 6.07) is 11.0. The van der Waals surface area contributed by atoms with E-state index in [9.17, 15) is 0 Å². The number of rotatable bonds is 2. The summed E-state index contributed by atoms with van der Waals surface area (Å²) in [5, 5.41) is 8.31. The summed E-state index contributed by atoms with van der Waals surface area (Å²) in [6.07, 6.45) is 5.53. The summed E-state index contributed by atoms with van der Waals surface area (Å²) in [4.78, 5) is 4.49. The van der Waals surface area contributed by atoms with E-state index in [1.165, 1.54) is 30.3 Å². The van der Waals surface area contributed by atoms with E-state index in [0.29, 0.717) is 6.04 Å². The maximum Gasteiger partial charge on any atom is 0.0933 e. The van der Waals surface area contributed by atoms with Crippen LogP contribution in [0.2, 0.25) is 0 Å². The molecule has 0 spiro atoms. The molecule has 1 aliphatic rings. The van der Waals surface area contributed by atoms with Gasteiger partial charge in [-0.1, -0.05) is 18.2 Å². The van der Waals surface area contributed by atoms with E-state index >= 15 is 0 Å². The fourth-order valence-corrected chi connectivity index (χ4v) is 2.60. The molecule has 3 heteroatoms. The minimum Gasteiger partial charge on any atom is -0.381 e. The van der Waals surface area contributed by atoms with Crippen LogP contribution < -0.4 is 10.6 Å². The molecule has 2 N–H and O–H groups in total. The van der Waals surface area contributed by atoms with E-state index in [1.54, 1.807) is 0 Å². The Morgan fingerprint density at radius 3 is 3.06 bits per heavy atom. The van der Waals surface area contributed by atoms with E-state index in [2.05, 4.69) is 39.9 Å². The first-order valence-electron chi connectivity index (χ1n) is 6.74. The second-order valence-corrected chi connectivity index (χ2v) is 4.90. The Labute approximate surface area is 108 Å². The SMILES string of the molecule is c1cnc2c(NC3CCCNCC3)cccc2c1. The molecule has 1 atom stereocenters. The highest BCUT2D eigenvalue weighted by atomic mass is 15.0. The van der Waals surface area contributed by atoms with Crippen LogP contribution in [-0.4, -0.2) is 24.1 Å². The summed E-state index contributed by atoms with van der Waals surface area (Å²) in [5.41, 5.74) is 2.25. The highest BCUT2D eigenvalue weighted by molar-refractivity contribution is 5.90. The molecule has 2 heterocycles. The Bertz CT molecular complexity index is 511. The van der Waals surface area contributed by atoms with Gasteiger partial charge >= 0.3 is 0 Å². The van der Waals surface area contributed by atoms with Crippen molar-refractivity contribution in [2.45, 2.75) is 25.3 Å². The molecule has 1 fully saturated rings. The zero-order valence-electron chi connectivity index (χ0n) is 10.5. The lowest BCUT2D eigenvalue weighted by atomic mass is 10.1. The number of para-hydroxylation sites is 1. The Balaban J connectivity index is 1.85. The molecule has 0 amide bonds. The zero-order chi connectivity index (χ0) is 12.2. The number of nitrogens with one attached hydrogen (secondary N) is 2. The van der Waals surface area contributed by atoms with Crippen LogP contribution in [-0.2, 0) is 0 Å². The van der Waals surface area contributed by atoms with Crippen molar-refractivity contribution in [3.8, 4) is 0 Å². The van der Waals surface area contributed by atoms with E-state index in [0.717, 1.165) is 18.6 Å². The van der Waals surface area contributed by atoms with Crippen molar-refractivity contribution in [1.29, 1.82) is 0 Å². The summed E-state index contributed by atoms with van der Waals surface area (Å²) >= 11 is 0. The topological polar surface area (TPSA) is 37.0 Å². The minimum atomic E-state index is 0.563. The largest absolute Gasteiger partial charge is 0.381 e. The molecule has 0 aliphatic carbocycles.